The van der Waals surface area contributed by atoms with Gasteiger partial charge in [0, 0.05) is 13.6 Å². The molecule has 0 atom stereocenters. The van der Waals surface area contributed by atoms with Gasteiger partial charge >= 0.3 is 0 Å². The van der Waals surface area contributed by atoms with E-state index < -0.39 is 10.2 Å². The second-order valence-electron chi connectivity index (χ2n) is 2.25. The Balaban J connectivity index is 4.02. The molecule has 0 rings (SSSR count). The van der Waals surface area contributed by atoms with Crippen LogP contribution in [0.15, 0.2) is 0 Å². The van der Waals surface area contributed by atoms with Gasteiger partial charge in [0.2, 0.25) is 5.91 Å². The van der Waals surface area contributed by atoms with Gasteiger partial charge in [-0.05, 0) is 6.92 Å². The van der Waals surface area contributed by atoms with Gasteiger partial charge < -0.3 is 5.32 Å². The zero-order valence-electron chi connectivity index (χ0n) is 7.07. The highest BCUT2D eigenvalue weighted by atomic mass is 32.2. The lowest BCUT2D eigenvalue weighted by atomic mass is 10.5. The lowest BCUT2D eigenvalue weighted by molar-refractivity contribution is -0.121. The van der Waals surface area contributed by atoms with Crippen molar-refractivity contribution in [2.75, 3.05) is 20.1 Å². The van der Waals surface area contributed by atoms with Gasteiger partial charge in [0.15, 0.2) is 0 Å². The second kappa shape index (κ2) is 4.39. The number of amides is 1. The lowest BCUT2D eigenvalue weighted by Crippen LogP contribution is -2.41. The summed E-state index contributed by atoms with van der Waals surface area (Å²) in [4.78, 5) is 10.8. The second-order valence-corrected chi connectivity index (χ2v) is 3.91. The molecule has 0 aromatic heterocycles. The van der Waals surface area contributed by atoms with Crippen LogP contribution in [0.4, 0.5) is 0 Å². The predicted molar refractivity (Wildman–Crippen MR) is 44.4 cm³/mol. The minimum absolute atomic E-state index is 0.243. The molecular formula is C5H13N3O3S. The Labute approximate surface area is 71.9 Å². The van der Waals surface area contributed by atoms with Crippen molar-refractivity contribution in [3.05, 3.63) is 0 Å². The zero-order valence-corrected chi connectivity index (χ0v) is 7.89. The van der Waals surface area contributed by atoms with Crippen LogP contribution >= 0.6 is 0 Å². The monoisotopic (exact) mass is 195 g/mol. The van der Waals surface area contributed by atoms with Crippen molar-refractivity contribution < 1.29 is 13.2 Å². The molecule has 0 radical (unpaired) electrons. The van der Waals surface area contributed by atoms with Gasteiger partial charge in [-0.3, -0.25) is 4.79 Å². The quantitative estimate of drug-likeness (QED) is 0.557. The van der Waals surface area contributed by atoms with E-state index in [0.29, 0.717) is 6.54 Å². The normalized spacial score (nSPS) is 11.7. The third-order valence-electron chi connectivity index (χ3n) is 1.17. The SMILES string of the molecule is CCNC(=O)CN(C)S(N)(=O)=O. The molecule has 0 aliphatic carbocycles. The van der Waals surface area contributed by atoms with E-state index >= 15 is 0 Å². The molecule has 0 aromatic rings. The van der Waals surface area contributed by atoms with E-state index in [1.807, 2.05) is 0 Å². The summed E-state index contributed by atoms with van der Waals surface area (Å²) in [7, 11) is -2.50. The van der Waals surface area contributed by atoms with Crippen LogP contribution in [0.25, 0.3) is 0 Å². The zero-order chi connectivity index (χ0) is 9.78. The molecule has 0 aromatic carbocycles. The number of nitrogens with one attached hydrogen (secondary N) is 1. The van der Waals surface area contributed by atoms with Crippen LogP contribution in [0.3, 0.4) is 0 Å². The minimum atomic E-state index is -3.74. The highest BCUT2D eigenvalue weighted by Gasteiger charge is 2.14. The molecule has 0 spiro atoms. The number of rotatable bonds is 4. The van der Waals surface area contributed by atoms with Gasteiger partial charge in [0.25, 0.3) is 10.2 Å². The Bertz CT molecular complexity index is 249. The minimum Gasteiger partial charge on any atom is -0.355 e. The van der Waals surface area contributed by atoms with Crippen molar-refractivity contribution >= 4 is 16.1 Å². The number of hydrogen-bond donors (Lipinski definition) is 2. The van der Waals surface area contributed by atoms with Crippen LogP contribution in [0.2, 0.25) is 0 Å². The van der Waals surface area contributed by atoms with Crippen molar-refractivity contribution in [3.63, 3.8) is 0 Å². The molecule has 1 amide bonds. The summed E-state index contributed by atoms with van der Waals surface area (Å²) >= 11 is 0. The first kappa shape index (κ1) is 11.3. The maximum Gasteiger partial charge on any atom is 0.277 e. The highest BCUT2D eigenvalue weighted by molar-refractivity contribution is 7.86. The maximum atomic E-state index is 10.8. The molecule has 0 heterocycles. The van der Waals surface area contributed by atoms with Gasteiger partial charge in [-0.25, -0.2) is 5.14 Å². The van der Waals surface area contributed by atoms with Crippen LogP contribution < -0.4 is 10.5 Å². The molecule has 0 aliphatic heterocycles. The van der Waals surface area contributed by atoms with E-state index in [9.17, 15) is 13.2 Å². The molecule has 6 nitrogen and oxygen atoms in total. The number of nitrogens with zero attached hydrogens (tertiary/aromatic N) is 1. The average molecular weight is 195 g/mol. The molecule has 3 N–H and O–H groups in total. The fraction of sp³-hybridized carbons (Fsp3) is 0.800. The van der Waals surface area contributed by atoms with Crippen LogP contribution in [-0.2, 0) is 15.0 Å². The van der Waals surface area contributed by atoms with Crippen LogP contribution in [-0.4, -0.2) is 38.8 Å². The Morgan fingerprint density at radius 2 is 2.08 bits per heavy atom. The van der Waals surface area contributed by atoms with E-state index in [-0.39, 0.29) is 12.5 Å². The molecule has 0 fully saturated rings. The summed E-state index contributed by atoms with van der Waals surface area (Å²) in [6.07, 6.45) is 0. The topological polar surface area (TPSA) is 92.5 Å². The van der Waals surface area contributed by atoms with Crippen molar-refractivity contribution in [2.45, 2.75) is 6.92 Å². The first-order valence-corrected chi connectivity index (χ1v) is 4.89. The van der Waals surface area contributed by atoms with Gasteiger partial charge in [0.1, 0.15) is 0 Å². The van der Waals surface area contributed by atoms with Gasteiger partial charge in [0.05, 0.1) is 6.54 Å². The van der Waals surface area contributed by atoms with E-state index in [4.69, 9.17) is 5.14 Å². The molecule has 0 aliphatic rings. The summed E-state index contributed by atoms with van der Waals surface area (Å²) in [5, 5.41) is 7.19. The summed E-state index contributed by atoms with van der Waals surface area (Å²) < 4.78 is 22.0. The largest absolute Gasteiger partial charge is 0.355 e. The van der Waals surface area contributed by atoms with Crippen molar-refractivity contribution in [2.24, 2.45) is 5.14 Å². The first-order valence-electron chi connectivity index (χ1n) is 3.38. The number of carbonyl (C=O) groups is 1. The van der Waals surface area contributed by atoms with Gasteiger partial charge in [-0.1, -0.05) is 0 Å². The van der Waals surface area contributed by atoms with Crippen LogP contribution in [0.1, 0.15) is 6.92 Å². The molecule has 7 heteroatoms. The molecule has 12 heavy (non-hydrogen) atoms. The Morgan fingerprint density at radius 1 is 1.58 bits per heavy atom. The van der Waals surface area contributed by atoms with E-state index in [2.05, 4.69) is 5.32 Å². The summed E-state index contributed by atoms with van der Waals surface area (Å²) in [6.45, 7) is 1.97. The Kier molecular flexibility index (Phi) is 4.15. The number of hydrogen-bond acceptors (Lipinski definition) is 3. The van der Waals surface area contributed by atoms with Crippen molar-refractivity contribution in [1.29, 1.82) is 0 Å². The molecular weight excluding hydrogens is 182 g/mol. The van der Waals surface area contributed by atoms with Gasteiger partial charge in [-0.2, -0.15) is 12.7 Å². The maximum absolute atomic E-state index is 10.8. The third kappa shape index (κ3) is 4.27. The van der Waals surface area contributed by atoms with E-state index in [1.54, 1.807) is 6.92 Å². The smallest absolute Gasteiger partial charge is 0.277 e. The number of nitrogens with two attached hydrogens (primary N) is 1. The average Bonchev–Trinajstić information content (AvgIpc) is 1.85. The third-order valence-corrected chi connectivity index (χ3v) is 2.17. The Hall–Kier alpha value is -0.660. The standard InChI is InChI=1S/C5H13N3O3S/c1-3-7-5(9)4-8(2)12(6,10)11/h3-4H2,1-2H3,(H,7,9)(H2,6,10,11). The number of likely N-dealkylation sites (N-methyl/N-ethyl adjacent to an activating group) is 2. The first-order chi connectivity index (χ1) is 5.38. The molecule has 0 bridgehead atoms. The summed E-state index contributed by atoms with van der Waals surface area (Å²) in [5.41, 5.74) is 0. The molecule has 0 saturated carbocycles. The summed E-state index contributed by atoms with van der Waals surface area (Å²) in [6, 6.07) is 0. The molecule has 72 valence electrons. The molecule has 0 unspecified atom stereocenters. The van der Waals surface area contributed by atoms with E-state index in [1.165, 1.54) is 7.05 Å². The van der Waals surface area contributed by atoms with Crippen LogP contribution in [0.5, 0.6) is 0 Å². The summed E-state index contributed by atoms with van der Waals surface area (Å²) in [5.74, 6) is -0.367. The van der Waals surface area contributed by atoms with Crippen LogP contribution in [0, 0.1) is 0 Å². The Morgan fingerprint density at radius 3 is 2.42 bits per heavy atom. The number of carbonyl (C=O) groups excluding carboxylic acids is 1. The van der Waals surface area contributed by atoms with E-state index in [0.717, 1.165) is 4.31 Å². The fourth-order valence-electron chi connectivity index (χ4n) is 0.545. The highest BCUT2D eigenvalue weighted by Crippen LogP contribution is 1.87. The molecule has 0 saturated heterocycles. The van der Waals surface area contributed by atoms with Crippen molar-refractivity contribution in [3.8, 4) is 0 Å². The lowest BCUT2D eigenvalue weighted by Gasteiger charge is -2.12. The van der Waals surface area contributed by atoms with Gasteiger partial charge in [-0.15, -0.1) is 0 Å². The van der Waals surface area contributed by atoms with Crippen molar-refractivity contribution in [1.82, 2.24) is 9.62 Å². The fourth-order valence-corrected chi connectivity index (χ4v) is 0.842. The predicted octanol–water partition coefficient (Wildman–Crippen LogP) is -1.74.